The van der Waals surface area contributed by atoms with Crippen LogP contribution in [0.5, 0.6) is 0 Å². The van der Waals surface area contributed by atoms with Gasteiger partial charge in [0.2, 0.25) is 5.91 Å². The van der Waals surface area contributed by atoms with E-state index >= 15 is 0 Å². The van der Waals surface area contributed by atoms with Gasteiger partial charge in [-0.15, -0.1) is 0 Å². The number of benzene rings is 2. The molecule has 0 fully saturated rings. The van der Waals surface area contributed by atoms with Crippen LogP contribution in [-0.4, -0.2) is 26.9 Å². The van der Waals surface area contributed by atoms with E-state index in [1.807, 2.05) is 74.2 Å². The van der Waals surface area contributed by atoms with Crippen molar-refractivity contribution in [2.24, 2.45) is 0 Å². The summed E-state index contributed by atoms with van der Waals surface area (Å²) in [7, 11) is 0. The Morgan fingerprint density at radius 2 is 1.72 bits per heavy atom. The van der Waals surface area contributed by atoms with Crippen molar-refractivity contribution in [3.05, 3.63) is 70.3 Å². The molecule has 0 bridgehead atoms. The molecule has 0 spiro atoms. The molecule has 0 N–H and O–H groups in total. The van der Waals surface area contributed by atoms with Crippen molar-refractivity contribution < 1.29 is 4.79 Å². The molecule has 0 saturated heterocycles. The van der Waals surface area contributed by atoms with E-state index in [4.69, 9.17) is 4.98 Å². The molecule has 1 amide bonds. The van der Waals surface area contributed by atoms with Crippen molar-refractivity contribution in [2.45, 2.75) is 72.3 Å². The van der Waals surface area contributed by atoms with Crippen LogP contribution in [0, 0.1) is 6.92 Å². The van der Waals surface area contributed by atoms with Crippen molar-refractivity contribution in [1.82, 2.24) is 14.5 Å². The Balaban J connectivity index is 2.15. The predicted octanol–water partition coefficient (Wildman–Crippen LogP) is 5.96. The largest absolute Gasteiger partial charge is 0.333 e. The van der Waals surface area contributed by atoms with Gasteiger partial charge in [-0.3, -0.25) is 14.2 Å². The maximum Gasteiger partial charge on any atom is 0.266 e. The maximum absolute atomic E-state index is 13.6. The lowest BCUT2D eigenvalue weighted by molar-refractivity contribution is -0.133. The van der Waals surface area contributed by atoms with Crippen molar-refractivity contribution in [1.29, 1.82) is 0 Å². The van der Waals surface area contributed by atoms with Crippen LogP contribution in [0.15, 0.2) is 53.3 Å². The molecule has 0 radical (unpaired) electrons. The first-order chi connectivity index (χ1) is 15.5. The number of carbonyl (C=O) groups excluding carboxylic acids is 1. The fourth-order valence-corrected chi connectivity index (χ4v) is 4.22. The molecule has 3 rings (SSSR count). The van der Waals surface area contributed by atoms with Crippen LogP contribution in [0.1, 0.15) is 76.7 Å². The van der Waals surface area contributed by atoms with Crippen molar-refractivity contribution in [2.75, 3.05) is 6.54 Å². The van der Waals surface area contributed by atoms with Gasteiger partial charge in [-0.05, 0) is 50.5 Å². The number of aromatic nitrogens is 2. The molecule has 170 valence electrons. The zero-order valence-corrected chi connectivity index (χ0v) is 19.8. The third-order valence-electron chi connectivity index (χ3n) is 6.04. The Morgan fingerprint density at radius 1 is 1.00 bits per heavy atom. The van der Waals surface area contributed by atoms with Gasteiger partial charge in [0.25, 0.3) is 5.56 Å². The summed E-state index contributed by atoms with van der Waals surface area (Å²) in [6.07, 6.45) is 5.65. The summed E-state index contributed by atoms with van der Waals surface area (Å²) in [6.45, 7) is 8.88. The molecule has 2 aromatic carbocycles. The molecule has 0 aliphatic carbocycles. The van der Waals surface area contributed by atoms with Gasteiger partial charge in [0, 0.05) is 13.0 Å². The first-order valence-electron chi connectivity index (χ1n) is 11.9. The molecule has 3 aromatic rings. The molecule has 5 heteroatoms. The first kappa shape index (κ1) is 23.7. The summed E-state index contributed by atoms with van der Waals surface area (Å²) < 4.78 is 1.71. The van der Waals surface area contributed by atoms with Gasteiger partial charge < -0.3 is 4.90 Å². The second kappa shape index (κ2) is 11.1. The number of aryl methyl sites for hydroxylation is 1. The van der Waals surface area contributed by atoms with Gasteiger partial charge >= 0.3 is 0 Å². The van der Waals surface area contributed by atoms with E-state index in [0.717, 1.165) is 43.4 Å². The number of rotatable bonds is 10. The number of nitrogens with zero attached hydrogens (tertiary/aromatic N) is 3. The summed E-state index contributed by atoms with van der Waals surface area (Å²) in [5.41, 5.74) is 2.37. The third kappa shape index (κ3) is 5.09. The molecule has 5 nitrogen and oxygen atoms in total. The monoisotopic (exact) mass is 433 g/mol. The van der Waals surface area contributed by atoms with Gasteiger partial charge in [-0.2, -0.15) is 0 Å². The standard InChI is InChI=1S/C27H35N3O2/c1-5-7-8-13-19-29(25(31)14-6-2)21(4)26-28-23-17-11-10-16-22(23)27(32)30(26)24-18-12-9-15-20(24)3/h9-12,15-18,21H,5-8,13-14,19H2,1-4H3. The number of hydrogen-bond acceptors (Lipinski definition) is 3. The molecule has 0 aliphatic heterocycles. The van der Waals surface area contributed by atoms with Crippen LogP contribution in [0.2, 0.25) is 0 Å². The number of para-hydroxylation sites is 2. The molecule has 1 heterocycles. The molecule has 1 unspecified atom stereocenters. The van der Waals surface area contributed by atoms with Gasteiger partial charge in [-0.25, -0.2) is 4.98 Å². The Labute approximate surface area is 191 Å². The topological polar surface area (TPSA) is 55.2 Å². The lowest BCUT2D eigenvalue weighted by Gasteiger charge is -2.31. The Hall–Kier alpha value is -2.95. The fraction of sp³-hybridized carbons (Fsp3) is 0.444. The highest BCUT2D eigenvalue weighted by atomic mass is 16.2. The summed E-state index contributed by atoms with van der Waals surface area (Å²) >= 11 is 0. The Kier molecular flexibility index (Phi) is 8.20. The average molecular weight is 434 g/mol. The fourth-order valence-electron chi connectivity index (χ4n) is 4.22. The molecule has 1 aromatic heterocycles. The van der Waals surface area contributed by atoms with E-state index in [2.05, 4.69) is 6.92 Å². The van der Waals surface area contributed by atoms with Crippen molar-refractivity contribution in [3.8, 4) is 5.69 Å². The third-order valence-corrected chi connectivity index (χ3v) is 6.04. The number of carbonyl (C=O) groups is 1. The highest BCUT2D eigenvalue weighted by Gasteiger charge is 2.26. The zero-order chi connectivity index (χ0) is 23.1. The van der Waals surface area contributed by atoms with Gasteiger partial charge in [0.15, 0.2) is 0 Å². The molecule has 0 aliphatic rings. The first-order valence-corrected chi connectivity index (χ1v) is 11.9. The molecule has 32 heavy (non-hydrogen) atoms. The second-order valence-corrected chi connectivity index (χ2v) is 8.49. The van der Waals surface area contributed by atoms with E-state index in [9.17, 15) is 9.59 Å². The summed E-state index contributed by atoms with van der Waals surface area (Å²) in [5, 5.41) is 0.584. The average Bonchev–Trinajstić information content (AvgIpc) is 2.79. The van der Waals surface area contributed by atoms with Crippen LogP contribution in [0.4, 0.5) is 0 Å². The van der Waals surface area contributed by atoms with E-state index in [0.29, 0.717) is 29.7 Å². The van der Waals surface area contributed by atoms with E-state index in [-0.39, 0.29) is 17.5 Å². The lowest BCUT2D eigenvalue weighted by atomic mass is 10.1. The van der Waals surface area contributed by atoms with Crippen molar-refractivity contribution in [3.63, 3.8) is 0 Å². The minimum atomic E-state index is -0.312. The highest BCUT2D eigenvalue weighted by molar-refractivity contribution is 5.79. The normalized spacial score (nSPS) is 12.1. The quantitative estimate of drug-likeness (QED) is 0.370. The second-order valence-electron chi connectivity index (χ2n) is 8.49. The smallest absolute Gasteiger partial charge is 0.266 e. The number of unbranched alkanes of at least 4 members (excludes halogenated alkanes) is 3. The lowest BCUT2D eigenvalue weighted by Crippen LogP contribution is -2.38. The SMILES string of the molecule is CCCCCCN(C(=O)CCC)C(C)c1nc2ccccc2c(=O)n1-c1ccccc1C. The van der Waals surface area contributed by atoms with Gasteiger partial charge in [-0.1, -0.05) is 63.4 Å². The van der Waals surface area contributed by atoms with E-state index in [1.165, 1.54) is 0 Å². The summed E-state index contributed by atoms with van der Waals surface area (Å²) in [4.78, 5) is 33.6. The van der Waals surface area contributed by atoms with Gasteiger partial charge in [0.05, 0.1) is 22.6 Å². The summed E-state index contributed by atoms with van der Waals surface area (Å²) in [5.74, 6) is 0.734. The van der Waals surface area contributed by atoms with Gasteiger partial charge in [0.1, 0.15) is 5.82 Å². The number of fused-ring (bicyclic) bond motifs is 1. The van der Waals surface area contributed by atoms with Crippen LogP contribution in [-0.2, 0) is 4.79 Å². The maximum atomic E-state index is 13.6. The number of amides is 1. The molecular weight excluding hydrogens is 398 g/mol. The Bertz CT molecular complexity index is 1120. The van der Waals surface area contributed by atoms with E-state index < -0.39 is 0 Å². The summed E-state index contributed by atoms with van der Waals surface area (Å²) in [6, 6.07) is 15.0. The number of hydrogen-bond donors (Lipinski definition) is 0. The molecule has 1 atom stereocenters. The zero-order valence-electron chi connectivity index (χ0n) is 19.8. The van der Waals surface area contributed by atoms with Crippen LogP contribution in [0.3, 0.4) is 0 Å². The minimum absolute atomic E-state index is 0.0966. The van der Waals surface area contributed by atoms with Crippen LogP contribution >= 0.6 is 0 Å². The predicted molar refractivity (Wildman–Crippen MR) is 131 cm³/mol. The Morgan fingerprint density at radius 3 is 2.44 bits per heavy atom. The highest BCUT2D eigenvalue weighted by Crippen LogP contribution is 2.25. The molecular formula is C27H35N3O2. The van der Waals surface area contributed by atoms with E-state index in [1.54, 1.807) is 4.57 Å². The van der Waals surface area contributed by atoms with Crippen molar-refractivity contribution >= 4 is 16.8 Å². The molecule has 0 saturated carbocycles. The van der Waals surface area contributed by atoms with Crippen LogP contribution in [0.25, 0.3) is 16.6 Å². The van der Waals surface area contributed by atoms with Crippen LogP contribution < -0.4 is 5.56 Å². The minimum Gasteiger partial charge on any atom is -0.333 e.